The van der Waals surface area contributed by atoms with Gasteiger partial charge in [0.2, 0.25) is 15.7 Å². The van der Waals surface area contributed by atoms with Gasteiger partial charge in [0.15, 0.2) is 10.8 Å². The van der Waals surface area contributed by atoms with Gasteiger partial charge in [-0.15, -0.1) is 0 Å². The van der Waals surface area contributed by atoms with Crippen LogP contribution in [0, 0.1) is 20.8 Å². The Bertz CT molecular complexity index is 1590. The second-order valence-corrected chi connectivity index (χ2v) is 11.4. The molecule has 0 aliphatic carbocycles. The number of hydrogen-bond donors (Lipinski definition) is 1. The highest BCUT2D eigenvalue weighted by Crippen LogP contribution is 2.33. The van der Waals surface area contributed by atoms with Crippen LogP contribution in [-0.4, -0.2) is 39.9 Å². The molecule has 1 aromatic carbocycles. The maximum Gasteiger partial charge on any atom is 0.230 e. The van der Waals surface area contributed by atoms with Gasteiger partial charge in [-0.05, 0) is 56.2 Å². The first-order chi connectivity index (χ1) is 17.9. The summed E-state index contributed by atoms with van der Waals surface area (Å²) in [5.41, 5.74) is 9.56. The second kappa shape index (κ2) is 10.7. The molecule has 2 N–H and O–H groups in total. The summed E-state index contributed by atoms with van der Waals surface area (Å²) in [7, 11) is -4.06. The van der Waals surface area contributed by atoms with Gasteiger partial charge in [-0.2, -0.15) is 0 Å². The van der Waals surface area contributed by atoms with E-state index in [2.05, 4.69) is 19.9 Å². The van der Waals surface area contributed by atoms with Crippen molar-refractivity contribution in [2.24, 2.45) is 0 Å². The predicted molar refractivity (Wildman–Crippen MR) is 145 cm³/mol. The lowest BCUT2D eigenvalue weighted by molar-refractivity contribution is 0.101. The van der Waals surface area contributed by atoms with Gasteiger partial charge in [-0.3, -0.25) is 4.79 Å². The number of carbonyl (C=O) groups is 1. The summed E-state index contributed by atoms with van der Waals surface area (Å²) in [6.07, 6.45) is 3.32. The molecule has 0 bridgehead atoms. The van der Waals surface area contributed by atoms with Crippen molar-refractivity contribution in [2.75, 3.05) is 11.5 Å². The van der Waals surface area contributed by atoms with Crippen LogP contribution in [0.1, 0.15) is 52.6 Å². The number of nitrogen functional groups attached to an aromatic ring is 1. The molecule has 0 saturated carbocycles. The molecule has 196 valence electrons. The van der Waals surface area contributed by atoms with Crippen molar-refractivity contribution in [1.82, 2.24) is 19.9 Å². The van der Waals surface area contributed by atoms with Crippen LogP contribution in [0.2, 0.25) is 0 Å². The zero-order valence-electron chi connectivity index (χ0n) is 21.9. The monoisotopic (exact) mass is 531 g/mol. The standard InChI is InChI=1S/C28H29N5O4S/c1-16(2)27-30-13-20(14-31-27)22-10-9-21(23(34)15-38(35,36)25-8-6-7-24(29)33-25)28(32-22)37-26-18(4)11-17(3)12-19(26)5/h6-14,16H,15H2,1-5H3,(H2,29,33). The molecule has 4 aromatic rings. The minimum atomic E-state index is -4.06. The summed E-state index contributed by atoms with van der Waals surface area (Å²) < 4.78 is 32.1. The molecule has 0 fully saturated rings. The lowest BCUT2D eigenvalue weighted by Gasteiger charge is -2.15. The number of nitrogens with zero attached hydrogens (tertiary/aromatic N) is 4. The van der Waals surface area contributed by atoms with E-state index in [9.17, 15) is 13.2 Å². The number of benzene rings is 1. The Morgan fingerprint density at radius 2 is 1.63 bits per heavy atom. The predicted octanol–water partition coefficient (Wildman–Crippen LogP) is 5.01. The van der Waals surface area contributed by atoms with Gasteiger partial charge >= 0.3 is 0 Å². The Morgan fingerprint density at radius 3 is 2.24 bits per heavy atom. The maximum absolute atomic E-state index is 13.3. The number of ketones is 1. The van der Waals surface area contributed by atoms with E-state index in [0.717, 1.165) is 16.7 Å². The molecule has 0 atom stereocenters. The first-order valence-corrected chi connectivity index (χ1v) is 13.7. The maximum atomic E-state index is 13.3. The minimum absolute atomic E-state index is 0.00813. The highest BCUT2D eigenvalue weighted by atomic mass is 32.2. The Morgan fingerprint density at radius 1 is 0.974 bits per heavy atom. The van der Waals surface area contributed by atoms with Crippen LogP contribution in [0.5, 0.6) is 11.6 Å². The molecule has 3 aromatic heterocycles. The van der Waals surface area contributed by atoms with Gasteiger partial charge in [0.05, 0.1) is 11.3 Å². The van der Waals surface area contributed by atoms with Crippen molar-refractivity contribution < 1.29 is 17.9 Å². The lowest BCUT2D eigenvalue weighted by atomic mass is 10.1. The Kier molecular flexibility index (Phi) is 7.54. The smallest absolute Gasteiger partial charge is 0.230 e. The molecule has 0 spiro atoms. The van der Waals surface area contributed by atoms with E-state index in [1.807, 2.05) is 46.8 Å². The normalized spacial score (nSPS) is 11.5. The summed E-state index contributed by atoms with van der Waals surface area (Å²) in [6, 6.07) is 11.3. The molecule has 0 aliphatic heterocycles. The topological polar surface area (TPSA) is 138 Å². The number of anilines is 1. The number of Topliss-reactive ketones (excluding diaryl/α,β-unsaturated/α-hetero) is 1. The van der Waals surface area contributed by atoms with Crippen molar-refractivity contribution >= 4 is 21.4 Å². The van der Waals surface area contributed by atoms with Crippen LogP contribution in [0.25, 0.3) is 11.3 Å². The average Bonchev–Trinajstić information content (AvgIpc) is 2.86. The summed E-state index contributed by atoms with van der Waals surface area (Å²) in [5, 5.41) is -0.273. The largest absolute Gasteiger partial charge is 0.438 e. The molecule has 0 aliphatic rings. The fourth-order valence-corrected chi connectivity index (χ4v) is 5.19. The number of aryl methyl sites for hydroxylation is 3. The second-order valence-electron chi connectivity index (χ2n) is 9.45. The van der Waals surface area contributed by atoms with Crippen molar-refractivity contribution in [3.63, 3.8) is 0 Å². The molecule has 0 saturated heterocycles. The zero-order chi connectivity index (χ0) is 27.6. The molecule has 9 nitrogen and oxygen atoms in total. The number of aromatic nitrogens is 4. The van der Waals surface area contributed by atoms with Gasteiger partial charge in [0, 0.05) is 23.9 Å². The third kappa shape index (κ3) is 5.86. The number of ether oxygens (including phenoxy) is 1. The molecule has 38 heavy (non-hydrogen) atoms. The van der Waals surface area contributed by atoms with Crippen LogP contribution in [0.15, 0.2) is 59.9 Å². The van der Waals surface area contributed by atoms with Gasteiger partial charge in [0.25, 0.3) is 0 Å². The van der Waals surface area contributed by atoms with Crippen LogP contribution in [-0.2, 0) is 9.84 Å². The van der Waals surface area contributed by atoms with Crippen molar-refractivity contribution in [3.05, 3.63) is 82.9 Å². The first-order valence-electron chi connectivity index (χ1n) is 12.0. The molecule has 3 heterocycles. The van der Waals surface area contributed by atoms with E-state index in [-0.39, 0.29) is 28.2 Å². The quantitative estimate of drug-likeness (QED) is 0.311. The SMILES string of the molecule is Cc1cc(C)c(Oc2nc(-c3cnc(C(C)C)nc3)ccc2C(=O)CS(=O)(=O)c2cccc(N)n2)c(C)c1. The van der Waals surface area contributed by atoms with E-state index in [1.54, 1.807) is 18.5 Å². The average molecular weight is 532 g/mol. The van der Waals surface area contributed by atoms with Gasteiger partial charge in [0.1, 0.15) is 23.1 Å². The van der Waals surface area contributed by atoms with Gasteiger partial charge < -0.3 is 10.5 Å². The van der Waals surface area contributed by atoms with Crippen LogP contribution >= 0.6 is 0 Å². The minimum Gasteiger partial charge on any atom is -0.438 e. The van der Waals surface area contributed by atoms with E-state index in [4.69, 9.17) is 10.5 Å². The zero-order valence-corrected chi connectivity index (χ0v) is 22.7. The molecular weight excluding hydrogens is 502 g/mol. The summed E-state index contributed by atoms with van der Waals surface area (Å²) in [6.45, 7) is 9.77. The molecular formula is C28H29N5O4S. The Balaban J connectivity index is 1.77. The van der Waals surface area contributed by atoms with Crippen LogP contribution < -0.4 is 10.5 Å². The first kappa shape index (κ1) is 26.9. The molecule has 0 amide bonds. The van der Waals surface area contributed by atoms with E-state index in [0.29, 0.717) is 22.8 Å². The molecule has 10 heteroatoms. The van der Waals surface area contributed by atoms with Crippen molar-refractivity contribution in [1.29, 1.82) is 0 Å². The number of rotatable bonds is 8. The van der Waals surface area contributed by atoms with E-state index >= 15 is 0 Å². The molecule has 0 radical (unpaired) electrons. The number of sulfone groups is 1. The van der Waals surface area contributed by atoms with Gasteiger partial charge in [-0.1, -0.05) is 37.6 Å². The van der Waals surface area contributed by atoms with E-state index < -0.39 is 21.4 Å². The van der Waals surface area contributed by atoms with Crippen molar-refractivity contribution in [2.45, 2.75) is 45.6 Å². The Labute approximate surface area is 222 Å². The number of pyridine rings is 2. The lowest BCUT2D eigenvalue weighted by Crippen LogP contribution is -2.19. The fraction of sp³-hybridized carbons (Fsp3) is 0.250. The Hall–Kier alpha value is -4.18. The van der Waals surface area contributed by atoms with Gasteiger partial charge in [-0.25, -0.2) is 28.4 Å². The third-order valence-corrected chi connectivity index (χ3v) is 7.34. The number of nitrogens with two attached hydrogens (primary N) is 1. The highest BCUT2D eigenvalue weighted by Gasteiger charge is 2.26. The van der Waals surface area contributed by atoms with Crippen LogP contribution in [0.3, 0.4) is 0 Å². The summed E-state index contributed by atoms with van der Waals surface area (Å²) >= 11 is 0. The fourth-order valence-electron chi connectivity index (χ4n) is 4.01. The van der Waals surface area contributed by atoms with E-state index in [1.165, 1.54) is 24.3 Å². The van der Waals surface area contributed by atoms with Crippen molar-refractivity contribution in [3.8, 4) is 22.9 Å². The third-order valence-electron chi connectivity index (χ3n) is 5.83. The summed E-state index contributed by atoms with van der Waals surface area (Å²) in [4.78, 5) is 30.6. The molecule has 0 unspecified atom stereocenters. The number of carbonyl (C=O) groups excluding carboxylic acids is 1. The molecule has 4 rings (SSSR count). The number of hydrogen-bond acceptors (Lipinski definition) is 9. The highest BCUT2D eigenvalue weighted by molar-refractivity contribution is 7.92. The summed E-state index contributed by atoms with van der Waals surface area (Å²) in [5.74, 6) is -0.0594. The van der Waals surface area contributed by atoms with Crippen LogP contribution in [0.4, 0.5) is 5.82 Å².